The fraction of sp³-hybridized carbons (Fsp3) is 0.882. The van der Waals surface area contributed by atoms with Gasteiger partial charge in [0.25, 0.3) is 0 Å². The minimum absolute atomic E-state index is 0.113. The van der Waals surface area contributed by atoms with Gasteiger partial charge in [0.15, 0.2) is 11.4 Å². The monoisotopic (exact) mass is 316 g/mol. The lowest BCUT2D eigenvalue weighted by molar-refractivity contribution is -0.875. The second kappa shape index (κ2) is 9.26. The van der Waals surface area contributed by atoms with Crippen LogP contribution in [-0.4, -0.2) is 59.7 Å². The van der Waals surface area contributed by atoms with Gasteiger partial charge in [-0.25, -0.2) is 0 Å². The number of rotatable bonds is 12. The third-order valence-corrected chi connectivity index (χ3v) is 3.86. The van der Waals surface area contributed by atoms with Gasteiger partial charge in [-0.1, -0.05) is 39.5 Å². The summed E-state index contributed by atoms with van der Waals surface area (Å²) >= 11 is 0. The standard InChI is InChI=1S/C17H33NO4/c1-6-7-8-9-14(2)10-11-15(19)17(22,12-16(20)21)13-18(3,4)5/h14,22H,6-13H2,1-5H3/p+1. The highest BCUT2D eigenvalue weighted by molar-refractivity contribution is 5.91. The summed E-state index contributed by atoms with van der Waals surface area (Å²) in [7, 11) is 5.52. The number of carboxylic acids is 1. The summed E-state index contributed by atoms with van der Waals surface area (Å²) in [5.74, 6) is -1.06. The van der Waals surface area contributed by atoms with E-state index in [9.17, 15) is 14.7 Å². The lowest BCUT2D eigenvalue weighted by Crippen LogP contribution is -2.54. The molecule has 22 heavy (non-hydrogen) atoms. The molecule has 0 aliphatic heterocycles. The van der Waals surface area contributed by atoms with E-state index in [0.29, 0.717) is 16.8 Å². The molecule has 0 fully saturated rings. The zero-order chi connectivity index (χ0) is 17.4. The van der Waals surface area contributed by atoms with E-state index < -0.39 is 18.0 Å². The molecular weight excluding hydrogens is 282 g/mol. The Morgan fingerprint density at radius 1 is 1.14 bits per heavy atom. The molecule has 130 valence electrons. The normalized spacial score (nSPS) is 16.1. The molecule has 0 aromatic carbocycles. The number of unbranched alkanes of at least 4 members (excludes halogenated alkanes) is 2. The van der Waals surface area contributed by atoms with Gasteiger partial charge in [-0.3, -0.25) is 9.59 Å². The number of nitrogens with zero attached hydrogens (tertiary/aromatic N) is 1. The molecule has 5 nitrogen and oxygen atoms in total. The molecule has 0 aromatic rings. The first-order valence-corrected chi connectivity index (χ1v) is 8.28. The van der Waals surface area contributed by atoms with Crippen LogP contribution in [0.25, 0.3) is 0 Å². The van der Waals surface area contributed by atoms with Gasteiger partial charge in [0.2, 0.25) is 0 Å². The third kappa shape index (κ3) is 9.15. The SMILES string of the molecule is CCCCCC(C)CCC(=O)C(O)(CC(=O)O)C[N+](C)(C)C. The molecule has 0 aromatic heterocycles. The van der Waals surface area contributed by atoms with Crippen molar-refractivity contribution in [2.45, 2.75) is 64.4 Å². The number of aliphatic carboxylic acids is 1. The Bertz CT molecular complexity index is 362. The molecule has 0 amide bonds. The molecule has 2 atom stereocenters. The zero-order valence-electron chi connectivity index (χ0n) is 14.9. The fourth-order valence-corrected chi connectivity index (χ4v) is 2.77. The Kier molecular flexibility index (Phi) is 8.86. The van der Waals surface area contributed by atoms with E-state index in [-0.39, 0.29) is 18.7 Å². The summed E-state index contributed by atoms with van der Waals surface area (Å²) in [6, 6.07) is 0. The number of aliphatic hydroxyl groups is 1. The van der Waals surface area contributed by atoms with E-state index in [1.807, 2.05) is 21.1 Å². The number of carbonyl (C=O) groups is 2. The van der Waals surface area contributed by atoms with Gasteiger partial charge < -0.3 is 14.7 Å². The molecule has 0 aliphatic rings. The third-order valence-electron chi connectivity index (χ3n) is 3.86. The molecule has 2 N–H and O–H groups in total. The van der Waals surface area contributed by atoms with Crippen molar-refractivity contribution in [1.82, 2.24) is 0 Å². The van der Waals surface area contributed by atoms with E-state index in [1.54, 1.807) is 0 Å². The quantitative estimate of drug-likeness (QED) is 0.428. The summed E-state index contributed by atoms with van der Waals surface area (Å²) < 4.78 is 0.349. The second-order valence-corrected chi connectivity index (χ2v) is 7.61. The first-order chi connectivity index (χ1) is 10.00. The molecule has 2 unspecified atom stereocenters. The molecule has 0 heterocycles. The predicted molar refractivity (Wildman–Crippen MR) is 87.6 cm³/mol. The van der Waals surface area contributed by atoms with Crippen LogP contribution in [0.15, 0.2) is 0 Å². The average Bonchev–Trinajstić information content (AvgIpc) is 2.32. The van der Waals surface area contributed by atoms with Crippen LogP contribution < -0.4 is 0 Å². The highest BCUT2D eigenvalue weighted by atomic mass is 16.4. The van der Waals surface area contributed by atoms with Gasteiger partial charge in [0.05, 0.1) is 27.6 Å². The molecule has 0 bridgehead atoms. The number of likely N-dealkylation sites (N-methyl/N-ethyl adjacent to an activating group) is 1. The lowest BCUT2D eigenvalue weighted by atomic mass is 9.87. The van der Waals surface area contributed by atoms with Crippen LogP contribution in [0.3, 0.4) is 0 Å². The summed E-state index contributed by atoms with van der Waals surface area (Å²) in [5.41, 5.74) is -1.77. The number of hydrogen-bond acceptors (Lipinski definition) is 3. The van der Waals surface area contributed by atoms with Gasteiger partial charge in [0.1, 0.15) is 6.54 Å². The van der Waals surface area contributed by atoms with E-state index in [2.05, 4.69) is 13.8 Å². The Morgan fingerprint density at radius 2 is 1.73 bits per heavy atom. The van der Waals surface area contributed by atoms with Crippen LogP contribution in [0.4, 0.5) is 0 Å². The molecule has 0 saturated heterocycles. The van der Waals surface area contributed by atoms with Gasteiger partial charge in [-0.05, 0) is 12.3 Å². The molecule has 0 rings (SSSR count). The van der Waals surface area contributed by atoms with Crippen molar-refractivity contribution in [3.8, 4) is 0 Å². The fourth-order valence-electron chi connectivity index (χ4n) is 2.77. The van der Waals surface area contributed by atoms with Crippen molar-refractivity contribution in [3.05, 3.63) is 0 Å². The first-order valence-electron chi connectivity index (χ1n) is 8.28. The van der Waals surface area contributed by atoms with Crippen molar-refractivity contribution in [3.63, 3.8) is 0 Å². The maximum atomic E-state index is 12.4. The number of carboxylic acid groups (broad SMARTS) is 1. The second-order valence-electron chi connectivity index (χ2n) is 7.61. The van der Waals surface area contributed by atoms with Gasteiger partial charge in [-0.2, -0.15) is 0 Å². The van der Waals surface area contributed by atoms with E-state index in [1.165, 1.54) is 12.8 Å². The van der Waals surface area contributed by atoms with Gasteiger partial charge in [-0.15, -0.1) is 0 Å². The number of Topliss-reactive ketones (excluding diaryl/α,β-unsaturated/α-hetero) is 1. The Hall–Kier alpha value is -0.940. The zero-order valence-corrected chi connectivity index (χ0v) is 14.9. The highest BCUT2D eigenvalue weighted by Gasteiger charge is 2.42. The number of hydrogen-bond donors (Lipinski definition) is 2. The van der Waals surface area contributed by atoms with Crippen molar-refractivity contribution >= 4 is 11.8 Å². The topological polar surface area (TPSA) is 74.6 Å². The van der Waals surface area contributed by atoms with Gasteiger partial charge >= 0.3 is 5.97 Å². The minimum Gasteiger partial charge on any atom is -0.481 e. The maximum Gasteiger partial charge on any atom is 0.306 e. The largest absolute Gasteiger partial charge is 0.481 e. The smallest absolute Gasteiger partial charge is 0.306 e. The molecule has 0 saturated carbocycles. The van der Waals surface area contributed by atoms with Gasteiger partial charge in [0, 0.05) is 6.42 Å². The van der Waals surface area contributed by atoms with Crippen molar-refractivity contribution in [1.29, 1.82) is 0 Å². The van der Waals surface area contributed by atoms with Crippen LogP contribution in [0.5, 0.6) is 0 Å². The predicted octanol–water partition coefficient (Wildman–Crippen LogP) is 2.46. The average molecular weight is 316 g/mol. The molecule has 0 radical (unpaired) electrons. The van der Waals surface area contributed by atoms with Crippen LogP contribution in [0, 0.1) is 5.92 Å². The van der Waals surface area contributed by atoms with E-state index >= 15 is 0 Å². The number of carbonyl (C=O) groups excluding carboxylic acids is 1. The molecule has 5 heteroatoms. The number of ketones is 1. The molecular formula is C17H34NO4+. The first kappa shape index (κ1) is 21.1. The molecule has 0 aliphatic carbocycles. The Balaban J connectivity index is 4.60. The minimum atomic E-state index is -1.77. The van der Waals surface area contributed by atoms with E-state index in [4.69, 9.17) is 5.11 Å². The van der Waals surface area contributed by atoms with Crippen molar-refractivity contribution < 1.29 is 24.3 Å². The lowest BCUT2D eigenvalue weighted by Gasteiger charge is -2.34. The molecule has 0 spiro atoms. The summed E-state index contributed by atoms with van der Waals surface area (Å²) in [4.78, 5) is 23.4. The van der Waals surface area contributed by atoms with Crippen LogP contribution in [0.2, 0.25) is 0 Å². The Morgan fingerprint density at radius 3 is 2.18 bits per heavy atom. The summed E-state index contributed by atoms with van der Waals surface area (Å²) in [6.45, 7) is 4.38. The summed E-state index contributed by atoms with van der Waals surface area (Å²) in [6.07, 6.45) is 5.04. The van der Waals surface area contributed by atoms with E-state index in [0.717, 1.165) is 12.8 Å². The van der Waals surface area contributed by atoms with Crippen molar-refractivity contribution in [2.75, 3.05) is 27.7 Å². The number of quaternary nitrogens is 1. The van der Waals surface area contributed by atoms with Crippen LogP contribution >= 0.6 is 0 Å². The highest BCUT2D eigenvalue weighted by Crippen LogP contribution is 2.22. The van der Waals surface area contributed by atoms with Crippen LogP contribution in [-0.2, 0) is 9.59 Å². The van der Waals surface area contributed by atoms with Crippen molar-refractivity contribution in [2.24, 2.45) is 5.92 Å². The van der Waals surface area contributed by atoms with Crippen LogP contribution in [0.1, 0.15) is 58.8 Å². The maximum absolute atomic E-state index is 12.4. The Labute approximate surface area is 134 Å². The summed E-state index contributed by atoms with van der Waals surface area (Å²) in [5, 5.41) is 19.6.